The van der Waals surface area contributed by atoms with Crippen LogP contribution in [0.15, 0.2) is 81.0 Å². The summed E-state index contributed by atoms with van der Waals surface area (Å²) in [7, 11) is 0. The Morgan fingerprint density at radius 3 is 2.69 bits per heavy atom. The predicted octanol–water partition coefficient (Wildman–Crippen LogP) is 5.05. The average molecular weight is 509 g/mol. The van der Waals surface area contributed by atoms with Crippen LogP contribution in [-0.2, 0) is 10.5 Å². The van der Waals surface area contributed by atoms with Crippen molar-refractivity contribution in [1.29, 1.82) is 0 Å². The number of hydrogen-bond donors (Lipinski definition) is 1. The zero-order valence-corrected chi connectivity index (χ0v) is 19.8. The summed E-state index contributed by atoms with van der Waals surface area (Å²) in [4.78, 5) is 31.8. The van der Waals surface area contributed by atoms with Crippen LogP contribution in [0.3, 0.4) is 0 Å². The molecule has 0 saturated heterocycles. The van der Waals surface area contributed by atoms with Crippen LogP contribution in [-0.4, -0.2) is 32.0 Å². The van der Waals surface area contributed by atoms with Crippen molar-refractivity contribution in [2.75, 3.05) is 4.90 Å². The zero-order valence-electron chi connectivity index (χ0n) is 18.2. The largest absolute Gasteiger partial charge is 0.503 e. The smallest absolute Gasteiger partial charge is 0.296 e. The van der Waals surface area contributed by atoms with E-state index in [2.05, 4.69) is 15.2 Å². The van der Waals surface area contributed by atoms with Crippen LogP contribution in [0, 0.1) is 12.7 Å². The summed E-state index contributed by atoms with van der Waals surface area (Å²) in [5.41, 5.74) is 1.31. The Hall–Kier alpha value is -3.83. The van der Waals surface area contributed by atoms with Crippen molar-refractivity contribution in [2.24, 2.45) is 0 Å². The van der Waals surface area contributed by atoms with E-state index in [1.807, 2.05) is 0 Å². The van der Waals surface area contributed by atoms with Gasteiger partial charge in [-0.05, 0) is 48.4 Å². The number of Topliss-reactive ketones (excluding diaryl/α,β-unsaturated/α-hetero) is 1. The van der Waals surface area contributed by atoms with Gasteiger partial charge in [-0.25, -0.2) is 4.39 Å². The maximum Gasteiger partial charge on any atom is 0.296 e. The van der Waals surface area contributed by atoms with E-state index in [1.165, 1.54) is 41.1 Å². The van der Waals surface area contributed by atoms with Crippen molar-refractivity contribution in [3.63, 3.8) is 0 Å². The minimum atomic E-state index is -0.961. The molecule has 35 heavy (non-hydrogen) atoms. The molecule has 1 amide bonds. The lowest BCUT2D eigenvalue weighted by Crippen LogP contribution is -2.31. The number of benzene rings is 1. The third-order valence-corrected chi connectivity index (χ3v) is 7.42. The van der Waals surface area contributed by atoms with Crippen molar-refractivity contribution in [1.82, 2.24) is 15.2 Å². The second kappa shape index (κ2) is 9.43. The number of aromatic nitrogens is 3. The summed E-state index contributed by atoms with van der Waals surface area (Å²) in [5.74, 6) is -1.28. The van der Waals surface area contributed by atoms with E-state index in [4.69, 9.17) is 4.42 Å². The molecular weight excluding hydrogens is 491 g/mol. The van der Waals surface area contributed by atoms with Gasteiger partial charge in [0, 0.05) is 18.1 Å². The molecule has 3 aromatic heterocycles. The number of aliphatic hydroxyl groups is 1. The van der Waals surface area contributed by atoms with Crippen molar-refractivity contribution in [3.8, 4) is 0 Å². The summed E-state index contributed by atoms with van der Waals surface area (Å²) >= 11 is 2.53. The first-order valence-corrected chi connectivity index (χ1v) is 12.2. The Morgan fingerprint density at radius 2 is 2.00 bits per heavy atom. The van der Waals surface area contributed by atoms with E-state index in [0.29, 0.717) is 21.4 Å². The molecule has 176 valence electrons. The second-order valence-electron chi connectivity index (χ2n) is 7.63. The molecule has 0 radical (unpaired) electrons. The van der Waals surface area contributed by atoms with Crippen molar-refractivity contribution in [3.05, 3.63) is 101 Å². The van der Waals surface area contributed by atoms with Gasteiger partial charge in [-0.2, -0.15) is 0 Å². The molecule has 1 N–H and O–H groups in total. The molecule has 0 bridgehead atoms. The van der Waals surface area contributed by atoms with Gasteiger partial charge in [0.2, 0.25) is 10.9 Å². The van der Waals surface area contributed by atoms with Crippen LogP contribution in [0.25, 0.3) is 0 Å². The molecule has 4 aromatic rings. The number of thioether (sulfide) groups is 1. The van der Waals surface area contributed by atoms with Crippen LogP contribution in [0.1, 0.15) is 33.5 Å². The maximum absolute atomic E-state index is 13.3. The number of halogens is 1. The number of nitrogens with zero attached hydrogens (tertiary/aromatic N) is 4. The lowest BCUT2D eigenvalue weighted by Gasteiger charge is -2.23. The van der Waals surface area contributed by atoms with Gasteiger partial charge in [-0.15, -0.1) is 10.2 Å². The minimum absolute atomic E-state index is 0.0143. The third-order valence-electron chi connectivity index (χ3n) is 5.29. The fraction of sp³-hybridized carbons (Fsp3) is 0.125. The van der Waals surface area contributed by atoms with Crippen LogP contribution < -0.4 is 4.90 Å². The summed E-state index contributed by atoms with van der Waals surface area (Å²) in [6.07, 6.45) is 3.09. The molecule has 1 aromatic carbocycles. The van der Waals surface area contributed by atoms with E-state index < -0.39 is 23.5 Å². The van der Waals surface area contributed by atoms with Gasteiger partial charge in [0.15, 0.2) is 15.9 Å². The molecule has 11 heteroatoms. The molecule has 1 unspecified atom stereocenters. The van der Waals surface area contributed by atoms with Crippen LogP contribution in [0.4, 0.5) is 9.52 Å². The number of pyridine rings is 1. The van der Waals surface area contributed by atoms with E-state index in [-0.39, 0.29) is 22.3 Å². The molecule has 4 heterocycles. The number of carbonyl (C=O) groups excluding carboxylic acids is 2. The highest BCUT2D eigenvalue weighted by molar-refractivity contribution is 8.00. The number of aliphatic hydroxyl groups excluding tert-OH is 1. The molecule has 0 spiro atoms. The average Bonchev–Trinajstić information content (AvgIpc) is 3.57. The van der Waals surface area contributed by atoms with E-state index in [0.717, 1.165) is 16.9 Å². The Bertz CT molecular complexity index is 1430. The number of aryl methyl sites for hydroxylation is 1. The first-order chi connectivity index (χ1) is 16.9. The maximum atomic E-state index is 13.3. The highest BCUT2D eigenvalue weighted by atomic mass is 32.2. The van der Waals surface area contributed by atoms with Gasteiger partial charge in [0.1, 0.15) is 11.6 Å². The fourth-order valence-corrected chi connectivity index (χ4v) is 5.48. The summed E-state index contributed by atoms with van der Waals surface area (Å²) in [6.45, 7) is 1.70. The summed E-state index contributed by atoms with van der Waals surface area (Å²) in [6, 6.07) is 11.7. The van der Waals surface area contributed by atoms with Gasteiger partial charge in [-0.3, -0.25) is 19.5 Å². The Morgan fingerprint density at radius 1 is 1.20 bits per heavy atom. The van der Waals surface area contributed by atoms with Crippen LogP contribution >= 0.6 is 23.1 Å². The number of anilines is 1. The topological polar surface area (TPSA) is 109 Å². The van der Waals surface area contributed by atoms with E-state index in [1.54, 1.807) is 43.5 Å². The monoisotopic (exact) mass is 508 g/mol. The normalized spacial score (nSPS) is 15.8. The number of amides is 1. The number of carbonyl (C=O) groups is 2. The first-order valence-electron chi connectivity index (χ1n) is 10.4. The van der Waals surface area contributed by atoms with Gasteiger partial charge in [0.05, 0.1) is 11.6 Å². The number of furan rings is 1. The van der Waals surface area contributed by atoms with Gasteiger partial charge < -0.3 is 9.52 Å². The third kappa shape index (κ3) is 4.47. The standard InChI is InChI=1S/C24H17FN4O4S2/c1-13-4-9-17(33-13)20(30)18-19(15-3-2-10-26-11-15)29(22(32)21(18)31)23-27-28-24(35-23)34-12-14-5-7-16(25)8-6-14/h2-11,19,31H,12H2,1H3. The van der Waals surface area contributed by atoms with Crippen molar-refractivity contribution in [2.45, 2.75) is 23.1 Å². The molecule has 5 rings (SSSR count). The molecule has 0 aliphatic carbocycles. The SMILES string of the molecule is Cc1ccc(C(=O)C2=C(O)C(=O)N(c3nnc(SCc4ccc(F)cc4)s3)C2c2cccnc2)o1. The Kier molecular flexibility index (Phi) is 6.18. The van der Waals surface area contributed by atoms with E-state index >= 15 is 0 Å². The Balaban J connectivity index is 1.47. The molecule has 8 nitrogen and oxygen atoms in total. The molecule has 0 fully saturated rings. The number of ketones is 1. The van der Waals surface area contributed by atoms with Crippen LogP contribution in [0.2, 0.25) is 0 Å². The van der Waals surface area contributed by atoms with E-state index in [9.17, 15) is 19.1 Å². The minimum Gasteiger partial charge on any atom is -0.503 e. The number of hydrogen-bond acceptors (Lipinski definition) is 9. The summed E-state index contributed by atoms with van der Waals surface area (Å²) in [5, 5.41) is 19.3. The van der Waals surface area contributed by atoms with Gasteiger partial charge in [-0.1, -0.05) is 41.3 Å². The molecule has 1 aliphatic heterocycles. The summed E-state index contributed by atoms with van der Waals surface area (Å²) < 4.78 is 19.2. The molecule has 0 saturated carbocycles. The van der Waals surface area contributed by atoms with Crippen molar-refractivity contribution < 1.29 is 23.5 Å². The highest BCUT2D eigenvalue weighted by Gasteiger charge is 2.46. The zero-order chi connectivity index (χ0) is 24.5. The quantitative estimate of drug-likeness (QED) is 0.210. The second-order valence-corrected chi connectivity index (χ2v) is 9.81. The molecule has 1 atom stereocenters. The lowest BCUT2D eigenvalue weighted by molar-refractivity contribution is -0.117. The number of rotatable bonds is 7. The van der Waals surface area contributed by atoms with Crippen molar-refractivity contribution >= 4 is 39.9 Å². The fourth-order valence-electron chi connectivity index (χ4n) is 3.66. The Labute approximate surface area is 207 Å². The lowest BCUT2D eigenvalue weighted by atomic mass is 9.96. The van der Waals surface area contributed by atoms with Gasteiger partial charge >= 0.3 is 0 Å². The highest BCUT2D eigenvalue weighted by Crippen LogP contribution is 2.43. The first kappa shape index (κ1) is 22.9. The van der Waals surface area contributed by atoms with Gasteiger partial charge in [0.25, 0.3) is 5.91 Å². The van der Waals surface area contributed by atoms with Crippen LogP contribution in [0.5, 0.6) is 0 Å². The predicted molar refractivity (Wildman–Crippen MR) is 128 cm³/mol. The molecular formula is C24H17FN4O4S2. The molecule has 1 aliphatic rings.